The van der Waals surface area contributed by atoms with Gasteiger partial charge >= 0.3 is 6.18 Å². The third-order valence-electron chi connectivity index (χ3n) is 3.65. The highest BCUT2D eigenvalue weighted by Crippen LogP contribution is 2.33. The van der Waals surface area contributed by atoms with Crippen molar-refractivity contribution in [2.45, 2.75) is 12.6 Å². The molecule has 2 aromatic heterocycles. The van der Waals surface area contributed by atoms with Gasteiger partial charge < -0.3 is 5.32 Å². The summed E-state index contributed by atoms with van der Waals surface area (Å²) in [5.41, 5.74) is 0.0313. The molecule has 0 unspecified atom stereocenters. The van der Waals surface area contributed by atoms with Gasteiger partial charge in [0.05, 0.1) is 17.6 Å². The molecule has 26 heavy (non-hydrogen) atoms. The molecule has 0 spiro atoms. The number of nitrogens with zero attached hydrogens (tertiary/aromatic N) is 2. The van der Waals surface area contributed by atoms with Gasteiger partial charge in [0.2, 0.25) is 0 Å². The Morgan fingerprint density at radius 3 is 2.62 bits per heavy atom. The molecule has 0 atom stereocenters. The summed E-state index contributed by atoms with van der Waals surface area (Å²) in [6, 6.07) is 9.15. The molecule has 9 heteroatoms. The van der Waals surface area contributed by atoms with Gasteiger partial charge in [-0.1, -0.05) is 12.1 Å². The number of hydrogen-bond donors (Lipinski definition) is 1. The van der Waals surface area contributed by atoms with E-state index in [1.165, 1.54) is 28.9 Å². The monoisotopic (exact) mass is 369 g/mol. The maximum absolute atomic E-state index is 13.0. The van der Waals surface area contributed by atoms with Crippen LogP contribution in [-0.2, 0) is 6.18 Å². The first-order chi connectivity index (χ1) is 12.3. The summed E-state index contributed by atoms with van der Waals surface area (Å²) < 4.78 is 64.8. The molecule has 0 radical (unpaired) electrons. The lowest BCUT2D eigenvalue weighted by Crippen LogP contribution is -2.29. The zero-order valence-electron chi connectivity index (χ0n) is 13.1. The van der Waals surface area contributed by atoms with E-state index in [1.54, 1.807) is 12.1 Å². The Labute approximate surface area is 144 Å². The molecule has 0 saturated heterocycles. The smallest absolute Gasteiger partial charge is 0.345 e. The van der Waals surface area contributed by atoms with Crippen LogP contribution in [0.4, 0.5) is 22.0 Å². The van der Waals surface area contributed by atoms with E-state index in [2.05, 4.69) is 5.10 Å². The molecule has 3 aromatic rings. The Bertz CT molecular complexity index is 949. The zero-order chi connectivity index (χ0) is 18.9. The molecular weight excluding hydrogens is 357 g/mol. The largest absolute Gasteiger partial charge is 0.416 e. The fourth-order valence-electron chi connectivity index (χ4n) is 2.49. The lowest BCUT2D eigenvalue weighted by atomic mass is 10.0. The van der Waals surface area contributed by atoms with E-state index in [9.17, 15) is 26.7 Å². The van der Waals surface area contributed by atoms with Crippen molar-refractivity contribution in [2.24, 2.45) is 0 Å². The number of carbonyl (C=O) groups excluding carboxylic acids is 1. The number of aromatic nitrogens is 2. The Kier molecular flexibility index (Phi) is 4.62. The molecule has 1 aromatic carbocycles. The lowest BCUT2D eigenvalue weighted by Gasteiger charge is -2.11. The van der Waals surface area contributed by atoms with Gasteiger partial charge in [-0.05, 0) is 35.9 Å². The van der Waals surface area contributed by atoms with Gasteiger partial charge in [0.25, 0.3) is 12.3 Å². The van der Waals surface area contributed by atoms with E-state index in [1.807, 2.05) is 5.32 Å². The number of rotatable bonds is 4. The highest BCUT2D eigenvalue weighted by atomic mass is 19.4. The van der Waals surface area contributed by atoms with Crippen molar-refractivity contribution >= 4 is 11.4 Å². The van der Waals surface area contributed by atoms with E-state index in [-0.39, 0.29) is 11.3 Å². The molecule has 0 aliphatic carbocycles. The Hall–Kier alpha value is -2.97. The molecular formula is C17H12F5N3O. The predicted molar refractivity (Wildman–Crippen MR) is 84.0 cm³/mol. The van der Waals surface area contributed by atoms with Crippen LogP contribution in [-0.4, -0.2) is 28.5 Å². The van der Waals surface area contributed by atoms with Crippen molar-refractivity contribution in [1.29, 1.82) is 0 Å². The van der Waals surface area contributed by atoms with Crippen molar-refractivity contribution in [2.75, 3.05) is 6.54 Å². The third kappa shape index (κ3) is 3.66. The molecule has 0 saturated carbocycles. The number of nitrogens with one attached hydrogen (secondary N) is 1. The zero-order valence-corrected chi connectivity index (χ0v) is 13.1. The summed E-state index contributed by atoms with van der Waals surface area (Å²) >= 11 is 0. The molecule has 0 fully saturated rings. The minimum atomic E-state index is -4.52. The highest BCUT2D eigenvalue weighted by Gasteiger charge is 2.30. The van der Waals surface area contributed by atoms with E-state index >= 15 is 0 Å². The van der Waals surface area contributed by atoms with Crippen molar-refractivity contribution in [3.8, 4) is 11.1 Å². The number of alkyl halides is 5. The average Bonchev–Trinajstić information content (AvgIpc) is 3.06. The number of carbonyl (C=O) groups is 1. The van der Waals surface area contributed by atoms with Crippen molar-refractivity contribution in [3.63, 3.8) is 0 Å². The Morgan fingerprint density at radius 1 is 1.15 bits per heavy atom. The lowest BCUT2D eigenvalue weighted by molar-refractivity contribution is -0.137. The topological polar surface area (TPSA) is 46.4 Å². The van der Waals surface area contributed by atoms with Gasteiger partial charge in [-0.3, -0.25) is 4.79 Å². The molecule has 3 rings (SSSR count). The Balaban J connectivity index is 2.08. The Morgan fingerprint density at radius 2 is 1.92 bits per heavy atom. The second-order valence-electron chi connectivity index (χ2n) is 5.46. The first-order valence-electron chi connectivity index (χ1n) is 7.48. The standard InChI is InChI=1S/C17H12F5N3O/c18-15(19)9-23-16(26)13-8-12(14-5-2-6-25(14)24-13)10-3-1-4-11(7-10)17(20,21)22/h1-8,15H,9H2,(H,23,26). The van der Waals surface area contributed by atoms with Gasteiger partial charge in [0.1, 0.15) is 5.69 Å². The van der Waals surface area contributed by atoms with Crippen LogP contribution in [0.2, 0.25) is 0 Å². The fraction of sp³-hybridized carbons (Fsp3) is 0.176. The SMILES string of the molecule is O=C(NCC(F)F)c1cc(-c2cccc(C(F)(F)F)c2)c2cccn2n1. The average molecular weight is 369 g/mol. The summed E-state index contributed by atoms with van der Waals surface area (Å²) in [5, 5.41) is 6.03. The fourth-order valence-corrected chi connectivity index (χ4v) is 2.49. The highest BCUT2D eigenvalue weighted by molar-refractivity contribution is 5.95. The van der Waals surface area contributed by atoms with Crippen LogP contribution in [0.15, 0.2) is 48.7 Å². The first-order valence-corrected chi connectivity index (χ1v) is 7.48. The summed E-state index contributed by atoms with van der Waals surface area (Å²) in [6.45, 7) is -0.844. The van der Waals surface area contributed by atoms with E-state index in [4.69, 9.17) is 0 Å². The number of hydrogen-bond acceptors (Lipinski definition) is 2. The van der Waals surface area contributed by atoms with Crippen molar-refractivity contribution in [3.05, 3.63) is 59.9 Å². The quantitative estimate of drug-likeness (QED) is 0.707. The van der Waals surface area contributed by atoms with Gasteiger partial charge in [0.15, 0.2) is 0 Å². The van der Waals surface area contributed by atoms with Crippen LogP contribution in [0, 0.1) is 0 Å². The number of halogens is 5. The maximum atomic E-state index is 13.0. The number of amides is 1. The molecule has 0 aliphatic heterocycles. The van der Waals surface area contributed by atoms with E-state index in [0.717, 1.165) is 12.1 Å². The summed E-state index contributed by atoms with van der Waals surface area (Å²) in [7, 11) is 0. The van der Waals surface area contributed by atoms with Gasteiger partial charge in [-0.25, -0.2) is 13.3 Å². The second-order valence-corrected chi connectivity index (χ2v) is 5.46. The van der Waals surface area contributed by atoms with Gasteiger partial charge in [0, 0.05) is 11.8 Å². The van der Waals surface area contributed by atoms with Crippen LogP contribution in [0.25, 0.3) is 16.6 Å². The molecule has 2 heterocycles. The van der Waals surface area contributed by atoms with E-state index in [0.29, 0.717) is 11.1 Å². The van der Waals surface area contributed by atoms with E-state index < -0.39 is 30.6 Å². The molecule has 0 aliphatic rings. The summed E-state index contributed by atoms with van der Waals surface area (Å²) in [6.07, 6.45) is -5.73. The normalized spacial score (nSPS) is 11.9. The summed E-state index contributed by atoms with van der Waals surface area (Å²) in [5.74, 6) is -0.839. The van der Waals surface area contributed by atoms with Crippen LogP contribution >= 0.6 is 0 Å². The molecule has 1 N–H and O–H groups in total. The van der Waals surface area contributed by atoms with Crippen LogP contribution < -0.4 is 5.32 Å². The predicted octanol–water partition coefficient (Wildman–Crippen LogP) is 4.02. The summed E-state index contributed by atoms with van der Waals surface area (Å²) in [4.78, 5) is 12.0. The van der Waals surface area contributed by atoms with Gasteiger partial charge in [-0.15, -0.1) is 0 Å². The molecule has 1 amide bonds. The first kappa shape index (κ1) is 17.8. The third-order valence-corrected chi connectivity index (χ3v) is 3.65. The van der Waals surface area contributed by atoms with Gasteiger partial charge in [-0.2, -0.15) is 18.3 Å². The minimum Gasteiger partial charge on any atom is -0.345 e. The second kappa shape index (κ2) is 6.74. The van der Waals surface area contributed by atoms with Crippen LogP contribution in [0.5, 0.6) is 0 Å². The minimum absolute atomic E-state index is 0.179. The molecule has 0 bridgehead atoms. The van der Waals surface area contributed by atoms with Crippen molar-refractivity contribution in [1.82, 2.24) is 14.9 Å². The molecule has 136 valence electrons. The van der Waals surface area contributed by atoms with Crippen LogP contribution in [0.1, 0.15) is 16.1 Å². The molecule has 4 nitrogen and oxygen atoms in total. The maximum Gasteiger partial charge on any atom is 0.416 e. The van der Waals surface area contributed by atoms with Crippen molar-refractivity contribution < 1.29 is 26.7 Å². The van der Waals surface area contributed by atoms with Crippen LogP contribution in [0.3, 0.4) is 0 Å². The number of benzene rings is 1. The number of fused-ring (bicyclic) bond motifs is 1.